The third-order valence-electron chi connectivity index (χ3n) is 4.83. The average Bonchev–Trinajstić information content (AvgIpc) is 3.01. The van der Waals surface area contributed by atoms with Gasteiger partial charge in [0.15, 0.2) is 0 Å². The molecule has 4 rings (SSSR count). The van der Waals surface area contributed by atoms with Crippen LogP contribution in [0.15, 0.2) is 42.5 Å². The molecule has 3 aromatic rings. The van der Waals surface area contributed by atoms with Gasteiger partial charge in [-0.1, -0.05) is 35.3 Å². The number of piperidine rings is 1. The summed E-state index contributed by atoms with van der Waals surface area (Å²) in [6, 6.07) is 13.2. The summed E-state index contributed by atoms with van der Waals surface area (Å²) in [6.07, 6.45) is 3.35. The highest BCUT2D eigenvalue weighted by molar-refractivity contribution is 6.36. The van der Waals surface area contributed by atoms with Gasteiger partial charge in [0.25, 0.3) is 0 Å². The largest absolute Gasteiger partial charge is 0.341 e. The maximum Gasteiger partial charge on any atom is 0.242 e. The number of para-hydroxylation sites is 2. The summed E-state index contributed by atoms with van der Waals surface area (Å²) < 4.78 is 1.96. The first-order valence-electron chi connectivity index (χ1n) is 8.82. The van der Waals surface area contributed by atoms with Crippen LogP contribution in [0.5, 0.6) is 0 Å². The Hall–Kier alpha value is -2.04. The van der Waals surface area contributed by atoms with Crippen LogP contribution in [-0.2, 0) is 11.3 Å². The van der Waals surface area contributed by atoms with Gasteiger partial charge in [-0.05, 0) is 49.6 Å². The van der Waals surface area contributed by atoms with Crippen LogP contribution in [-0.4, -0.2) is 33.4 Å². The van der Waals surface area contributed by atoms with Crippen molar-refractivity contribution in [1.29, 1.82) is 0 Å². The molecule has 0 spiro atoms. The van der Waals surface area contributed by atoms with Crippen LogP contribution in [0.2, 0.25) is 10.0 Å². The molecule has 1 aliphatic rings. The maximum atomic E-state index is 12.9. The van der Waals surface area contributed by atoms with E-state index in [1.807, 2.05) is 39.8 Å². The number of halogens is 2. The summed E-state index contributed by atoms with van der Waals surface area (Å²) in [5.74, 6) is 0.817. The Morgan fingerprint density at radius 3 is 2.58 bits per heavy atom. The molecule has 0 saturated carbocycles. The van der Waals surface area contributed by atoms with Gasteiger partial charge in [-0.2, -0.15) is 0 Å². The average molecular weight is 388 g/mol. The van der Waals surface area contributed by atoms with Crippen molar-refractivity contribution >= 4 is 40.1 Å². The van der Waals surface area contributed by atoms with Crippen molar-refractivity contribution < 1.29 is 4.79 Å². The fourth-order valence-corrected chi connectivity index (χ4v) is 3.98. The summed E-state index contributed by atoms with van der Waals surface area (Å²) in [4.78, 5) is 19.5. The van der Waals surface area contributed by atoms with Crippen molar-refractivity contribution in [1.82, 2.24) is 14.5 Å². The Bertz CT molecular complexity index is 961. The van der Waals surface area contributed by atoms with Crippen LogP contribution in [0.3, 0.4) is 0 Å². The number of hydrogen-bond acceptors (Lipinski definition) is 2. The first-order chi connectivity index (χ1) is 12.6. The first kappa shape index (κ1) is 17.4. The van der Waals surface area contributed by atoms with Gasteiger partial charge >= 0.3 is 0 Å². The second kappa shape index (κ2) is 7.29. The van der Waals surface area contributed by atoms with Gasteiger partial charge in [-0.25, -0.2) is 4.98 Å². The molecule has 4 nitrogen and oxygen atoms in total. The number of carbonyl (C=O) groups excluding carboxylic acids is 1. The molecule has 2 heterocycles. The van der Waals surface area contributed by atoms with Crippen molar-refractivity contribution in [3.8, 4) is 11.4 Å². The third-order valence-corrected chi connectivity index (χ3v) is 5.38. The smallest absolute Gasteiger partial charge is 0.242 e. The van der Waals surface area contributed by atoms with Crippen LogP contribution in [0.1, 0.15) is 19.3 Å². The molecule has 0 atom stereocenters. The molecule has 6 heteroatoms. The van der Waals surface area contributed by atoms with Crippen LogP contribution >= 0.6 is 23.2 Å². The van der Waals surface area contributed by atoms with Gasteiger partial charge < -0.3 is 9.47 Å². The van der Waals surface area contributed by atoms with Gasteiger partial charge in [0.1, 0.15) is 12.4 Å². The molecule has 134 valence electrons. The van der Waals surface area contributed by atoms with Crippen LogP contribution in [0, 0.1) is 0 Å². The van der Waals surface area contributed by atoms with E-state index in [2.05, 4.69) is 0 Å². The normalized spacial score (nSPS) is 14.8. The Morgan fingerprint density at radius 2 is 1.81 bits per heavy atom. The lowest BCUT2D eigenvalue weighted by atomic mass is 10.1. The fourth-order valence-electron chi connectivity index (χ4n) is 3.49. The predicted molar refractivity (Wildman–Crippen MR) is 106 cm³/mol. The Labute approximate surface area is 162 Å². The summed E-state index contributed by atoms with van der Waals surface area (Å²) in [6.45, 7) is 1.93. The number of rotatable bonds is 3. The van der Waals surface area contributed by atoms with Gasteiger partial charge in [0, 0.05) is 23.7 Å². The van der Waals surface area contributed by atoms with E-state index in [1.54, 1.807) is 12.1 Å². The monoisotopic (exact) mass is 387 g/mol. The maximum absolute atomic E-state index is 12.9. The minimum Gasteiger partial charge on any atom is -0.341 e. The van der Waals surface area contributed by atoms with Gasteiger partial charge in [-0.15, -0.1) is 0 Å². The second-order valence-electron chi connectivity index (χ2n) is 6.58. The molecule has 1 aliphatic heterocycles. The number of amides is 1. The number of carbonyl (C=O) groups is 1. The number of benzene rings is 2. The third kappa shape index (κ3) is 3.31. The van der Waals surface area contributed by atoms with Crippen molar-refractivity contribution in [2.75, 3.05) is 13.1 Å². The molecule has 0 radical (unpaired) electrons. The van der Waals surface area contributed by atoms with Crippen molar-refractivity contribution in [3.63, 3.8) is 0 Å². The molecule has 1 fully saturated rings. The van der Waals surface area contributed by atoms with E-state index in [-0.39, 0.29) is 12.5 Å². The van der Waals surface area contributed by atoms with Crippen LogP contribution < -0.4 is 0 Å². The van der Waals surface area contributed by atoms with Gasteiger partial charge in [0.05, 0.1) is 16.1 Å². The zero-order valence-electron chi connectivity index (χ0n) is 14.3. The molecular formula is C20H19Cl2N3O. The standard InChI is InChI=1S/C20H19Cl2N3O/c21-14-8-9-15(16(22)12-14)20-23-17-6-2-3-7-18(17)25(20)13-19(26)24-10-4-1-5-11-24/h2-3,6-9,12H,1,4-5,10-11,13H2. The Balaban J connectivity index is 1.78. The molecule has 26 heavy (non-hydrogen) atoms. The predicted octanol–water partition coefficient (Wildman–Crippen LogP) is 5.02. The summed E-state index contributed by atoms with van der Waals surface area (Å²) in [7, 11) is 0. The minimum absolute atomic E-state index is 0.124. The Kier molecular flexibility index (Phi) is 4.88. The zero-order valence-corrected chi connectivity index (χ0v) is 15.8. The lowest BCUT2D eigenvalue weighted by Gasteiger charge is -2.27. The zero-order chi connectivity index (χ0) is 18.1. The molecule has 1 amide bonds. The highest BCUT2D eigenvalue weighted by Gasteiger charge is 2.21. The number of imidazole rings is 1. The first-order valence-corrected chi connectivity index (χ1v) is 9.57. The molecule has 2 aromatic carbocycles. The van der Waals surface area contributed by atoms with Crippen molar-refractivity contribution in [2.24, 2.45) is 0 Å². The second-order valence-corrected chi connectivity index (χ2v) is 7.42. The van der Waals surface area contributed by atoms with Crippen molar-refractivity contribution in [3.05, 3.63) is 52.5 Å². The van der Waals surface area contributed by atoms with E-state index in [9.17, 15) is 4.79 Å². The summed E-state index contributed by atoms with van der Waals surface area (Å²) >= 11 is 12.5. The van der Waals surface area contributed by atoms with E-state index >= 15 is 0 Å². The summed E-state index contributed by atoms with van der Waals surface area (Å²) in [5.41, 5.74) is 2.55. The fraction of sp³-hybridized carbons (Fsp3) is 0.300. The van der Waals surface area contributed by atoms with Crippen LogP contribution in [0.4, 0.5) is 0 Å². The Morgan fingerprint density at radius 1 is 1.04 bits per heavy atom. The lowest BCUT2D eigenvalue weighted by molar-refractivity contribution is -0.132. The van der Waals surface area contributed by atoms with E-state index < -0.39 is 0 Å². The SMILES string of the molecule is O=C(Cn1c(-c2ccc(Cl)cc2Cl)nc2ccccc21)N1CCCCC1. The molecule has 1 saturated heterocycles. The van der Waals surface area contributed by atoms with Crippen molar-refractivity contribution in [2.45, 2.75) is 25.8 Å². The van der Waals surface area contributed by atoms with Gasteiger partial charge in [-0.3, -0.25) is 4.79 Å². The minimum atomic E-state index is 0.124. The topological polar surface area (TPSA) is 38.1 Å². The number of likely N-dealkylation sites (tertiary alicyclic amines) is 1. The highest BCUT2D eigenvalue weighted by Crippen LogP contribution is 2.32. The number of hydrogen-bond donors (Lipinski definition) is 0. The molecule has 0 bridgehead atoms. The summed E-state index contributed by atoms with van der Waals surface area (Å²) in [5, 5.41) is 1.10. The molecular weight excluding hydrogens is 369 g/mol. The van der Waals surface area contributed by atoms with E-state index in [4.69, 9.17) is 28.2 Å². The number of aromatic nitrogens is 2. The van der Waals surface area contributed by atoms with E-state index in [1.165, 1.54) is 6.42 Å². The number of fused-ring (bicyclic) bond motifs is 1. The van der Waals surface area contributed by atoms with E-state index in [0.29, 0.717) is 15.9 Å². The molecule has 0 N–H and O–H groups in total. The quantitative estimate of drug-likeness (QED) is 0.632. The highest BCUT2D eigenvalue weighted by atomic mass is 35.5. The lowest BCUT2D eigenvalue weighted by Crippen LogP contribution is -2.37. The molecule has 0 unspecified atom stereocenters. The van der Waals surface area contributed by atoms with Gasteiger partial charge in [0.2, 0.25) is 5.91 Å². The van der Waals surface area contributed by atoms with E-state index in [0.717, 1.165) is 42.5 Å². The number of nitrogens with zero attached hydrogens (tertiary/aromatic N) is 3. The van der Waals surface area contributed by atoms with Crippen LogP contribution in [0.25, 0.3) is 22.4 Å². The molecule has 1 aromatic heterocycles. The molecule has 0 aliphatic carbocycles.